The summed E-state index contributed by atoms with van der Waals surface area (Å²) in [4.78, 5) is 0. The van der Waals surface area contributed by atoms with Crippen molar-refractivity contribution in [3.05, 3.63) is 56.6 Å². The van der Waals surface area contributed by atoms with E-state index in [1.807, 2.05) is 0 Å². The highest BCUT2D eigenvalue weighted by atomic mass is 16.5. The fourth-order valence-corrected chi connectivity index (χ4v) is 10.4. The number of benzene rings is 2. The molecule has 0 unspecified atom stereocenters. The van der Waals surface area contributed by atoms with Crippen LogP contribution in [0, 0.1) is 27.7 Å². The molecule has 0 bridgehead atoms. The Morgan fingerprint density at radius 2 is 0.523 bits per heavy atom. The predicted molar refractivity (Wildman–Crippen MR) is 288 cm³/mol. The number of aromatic hydroxyl groups is 2. The molecule has 0 fully saturated rings. The lowest BCUT2D eigenvalue weighted by atomic mass is 9.82. The van der Waals surface area contributed by atoms with Gasteiger partial charge < -0.3 is 14.9 Å². The molecule has 0 spiro atoms. The molecule has 0 atom stereocenters. The average Bonchev–Trinajstić information content (AvgIpc) is 3.25. The SMILES string of the molecule is Cc1cc(C(C)(C)C)c(O)c(C)c1CCCCCCCCCCCCCCCCCCCOCCCCCCCCCCCCCCCCCCCc1c(C)cc(C(C)(C)C)c(O)c1C. The van der Waals surface area contributed by atoms with Crippen molar-refractivity contribution in [2.45, 2.75) is 311 Å². The van der Waals surface area contributed by atoms with Gasteiger partial charge in [0.25, 0.3) is 0 Å². The van der Waals surface area contributed by atoms with E-state index in [2.05, 4.69) is 81.4 Å². The van der Waals surface area contributed by atoms with Gasteiger partial charge in [-0.05, 0) is 122 Å². The smallest absolute Gasteiger partial charge is 0.122 e. The minimum atomic E-state index is -0.0198. The van der Waals surface area contributed by atoms with Crippen molar-refractivity contribution in [2.75, 3.05) is 13.2 Å². The molecule has 0 aromatic heterocycles. The third-order valence-electron chi connectivity index (χ3n) is 14.8. The molecule has 0 saturated carbocycles. The van der Waals surface area contributed by atoms with Gasteiger partial charge in [-0.1, -0.05) is 246 Å². The van der Waals surface area contributed by atoms with Crippen LogP contribution < -0.4 is 0 Å². The molecular formula is C62H110O3. The van der Waals surface area contributed by atoms with Crippen LogP contribution in [0.15, 0.2) is 12.1 Å². The minimum absolute atomic E-state index is 0.0198. The molecule has 0 aliphatic carbocycles. The van der Waals surface area contributed by atoms with Gasteiger partial charge in [0.15, 0.2) is 0 Å². The van der Waals surface area contributed by atoms with E-state index in [0.717, 1.165) is 48.3 Å². The Bertz CT molecular complexity index is 1380. The maximum absolute atomic E-state index is 10.8. The quantitative estimate of drug-likeness (QED) is 0.0655. The summed E-state index contributed by atoms with van der Waals surface area (Å²) in [6, 6.07) is 4.44. The van der Waals surface area contributed by atoms with Crippen molar-refractivity contribution < 1.29 is 14.9 Å². The molecule has 3 heteroatoms. The first-order valence-electron chi connectivity index (χ1n) is 28.4. The standard InChI is InChI=1S/C62H110O3/c1-51-49-57(61(5,6)7)59(63)53(3)55(51)45-41-37-33-29-25-21-17-13-11-15-19-23-27-31-35-39-43-47-65-48-44-40-36-32-28-24-20-16-12-14-18-22-26-30-34-38-42-46-56-52(2)50-58(62(8,9)10)60(64)54(56)4/h49-50,63-64H,11-48H2,1-10H3. The normalized spacial score (nSPS) is 12.2. The van der Waals surface area contributed by atoms with Crippen LogP contribution in [0.25, 0.3) is 0 Å². The molecule has 0 amide bonds. The molecule has 376 valence electrons. The van der Waals surface area contributed by atoms with Gasteiger partial charge in [-0.15, -0.1) is 0 Å². The van der Waals surface area contributed by atoms with Crippen LogP contribution in [0.2, 0.25) is 0 Å². The van der Waals surface area contributed by atoms with Gasteiger partial charge in [0.2, 0.25) is 0 Å². The first kappa shape index (κ1) is 59.1. The number of aryl methyl sites for hydroxylation is 2. The molecule has 0 radical (unpaired) electrons. The van der Waals surface area contributed by atoms with E-state index in [4.69, 9.17) is 4.74 Å². The van der Waals surface area contributed by atoms with Crippen LogP contribution in [0.3, 0.4) is 0 Å². The van der Waals surface area contributed by atoms with Crippen LogP contribution in [-0.2, 0) is 28.4 Å². The van der Waals surface area contributed by atoms with Crippen molar-refractivity contribution in [2.24, 2.45) is 0 Å². The van der Waals surface area contributed by atoms with Gasteiger partial charge in [-0.25, -0.2) is 0 Å². The van der Waals surface area contributed by atoms with E-state index in [9.17, 15) is 10.2 Å². The first-order valence-corrected chi connectivity index (χ1v) is 28.4. The second kappa shape index (κ2) is 35.2. The van der Waals surface area contributed by atoms with Gasteiger partial charge >= 0.3 is 0 Å². The van der Waals surface area contributed by atoms with Crippen LogP contribution >= 0.6 is 0 Å². The summed E-state index contributed by atoms with van der Waals surface area (Å²) in [5, 5.41) is 21.6. The highest BCUT2D eigenvalue weighted by Crippen LogP contribution is 2.38. The fourth-order valence-electron chi connectivity index (χ4n) is 10.4. The molecule has 2 rings (SSSR count). The summed E-state index contributed by atoms with van der Waals surface area (Å²) >= 11 is 0. The van der Waals surface area contributed by atoms with E-state index < -0.39 is 0 Å². The second-order valence-electron chi connectivity index (χ2n) is 23.0. The molecule has 0 heterocycles. The predicted octanol–water partition coefficient (Wildman–Crippen LogP) is 20.0. The van der Waals surface area contributed by atoms with E-state index in [1.165, 1.54) is 241 Å². The fraction of sp³-hybridized carbons (Fsp3) is 0.806. The molecule has 0 aliphatic rings. The molecular weight excluding hydrogens is 793 g/mol. The van der Waals surface area contributed by atoms with Crippen molar-refractivity contribution in [3.8, 4) is 11.5 Å². The van der Waals surface area contributed by atoms with E-state index in [0.29, 0.717) is 11.5 Å². The number of hydrogen-bond donors (Lipinski definition) is 2. The van der Waals surface area contributed by atoms with Crippen molar-refractivity contribution in [1.29, 1.82) is 0 Å². The van der Waals surface area contributed by atoms with E-state index in [-0.39, 0.29) is 10.8 Å². The average molecular weight is 904 g/mol. The number of rotatable bonds is 40. The Morgan fingerprint density at radius 1 is 0.323 bits per heavy atom. The van der Waals surface area contributed by atoms with Crippen LogP contribution in [0.5, 0.6) is 11.5 Å². The highest BCUT2D eigenvalue weighted by molar-refractivity contribution is 5.52. The van der Waals surface area contributed by atoms with Crippen LogP contribution in [0.1, 0.15) is 304 Å². The van der Waals surface area contributed by atoms with Crippen molar-refractivity contribution in [3.63, 3.8) is 0 Å². The van der Waals surface area contributed by atoms with E-state index in [1.54, 1.807) is 0 Å². The Kier molecular flexibility index (Phi) is 32.0. The number of ether oxygens (including phenoxy) is 1. The largest absolute Gasteiger partial charge is 0.507 e. The minimum Gasteiger partial charge on any atom is -0.507 e. The maximum Gasteiger partial charge on any atom is 0.122 e. The summed E-state index contributed by atoms with van der Waals surface area (Å²) < 4.78 is 5.95. The molecule has 2 aromatic rings. The van der Waals surface area contributed by atoms with Crippen LogP contribution in [0.4, 0.5) is 0 Å². The second-order valence-corrected chi connectivity index (χ2v) is 23.0. The molecule has 0 aliphatic heterocycles. The molecule has 3 nitrogen and oxygen atoms in total. The third kappa shape index (κ3) is 26.4. The monoisotopic (exact) mass is 903 g/mol. The summed E-state index contributed by atoms with van der Waals surface area (Å²) in [6.07, 6.45) is 49.2. The van der Waals surface area contributed by atoms with Gasteiger partial charge in [0.05, 0.1) is 0 Å². The zero-order chi connectivity index (χ0) is 47.8. The lowest BCUT2D eigenvalue weighted by Gasteiger charge is -2.24. The first-order chi connectivity index (χ1) is 31.2. The number of phenols is 2. The highest BCUT2D eigenvalue weighted by Gasteiger charge is 2.23. The van der Waals surface area contributed by atoms with Crippen molar-refractivity contribution in [1.82, 2.24) is 0 Å². The van der Waals surface area contributed by atoms with Crippen LogP contribution in [-0.4, -0.2) is 23.4 Å². The summed E-state index contributed by atoms with van der Waals surface area (Å²) in [6.45, 7) is 23.7. The van der Waals surface area contributed by atoms with Crippen molar-refractivity contribution >= 4 is 0 Å². The topological polar surface area (TPSA) is 49.7 Å². The Morgan fingerprint density at radius 3 is 0.738 bits per heavy atom. The summed E-state index contributed by atoms with van der Waals surface area (Å²) in [5.74, 6) is 1.03. The van der Waals surface area contributed by atoms with E-state index >= 15 is 0 Å². The number of hydrogen-bond acceptors (Lipinski definition) is 3. The van der Waals surface area contributed by atoms with Gasteiger partial charge in [-0.3, -0.25) is 0 Å². The Balaban J connectivity index is 1.22. The zero-order valence-corrected chi connectivity index (χ0v) is 45.3. The number of unbranched alkanes of at least 4 members (excludes halogenated alkanes) is 32. The van der Waals surface area contributed by atoms with Gasteiger partial charge in [0, 0.05) is 13.2 Å². The Hall–Kier alpha value is -2.00. The third-order valence-corrected chi connectivity index (χ3v) is 14.8. The lowest BCUT2D eigenvalue weighted by molar-refractivity contribution is 0.125. The number of phenolic OH excluding ortho intramolecular Hbond substituents is 2. The zero-order valence-electron chi connectivity index (χ0n) is 45.3. The van der Waals surface area contributed by atoms with Gasteiger partial charge in [0.1, 0.15) is 11.5 Å². The lowest BCUT2D eigenvalue weighted by Crippen LogP contribution is -2.13. The maximum atomic E-state index is 10.8. The molecule has 65 heavy (non-hydrogen) atoms. The molecule has 0 saturated heterocycles. The molecule has 2 N–H and O–H groups in total. The summed E-state index contributed by atoms with van der Waals surface area (Å²) in [5.41, 5.74) is 9.75. The van der Waals surface area contributed by atoms with Gasteiger partial charge in [-0.2, -0.15) is 0 Å². The summed E-state index contributed by atoms with van der Waals surface area (Å²) in [7, 11) is 0. The molecule has 2 aromatic carbocycles. The Labute approximate surface area is 405 Å².